The van der Waals surface area contributed by atoms with E-state index in [4.69, 9.17) is 4.74 Å². The zero-order chi connectivity index (χ0) is 19.6. The lowest BCUT2D eigenvalue weighted by atomic mass is 9.98. The molecule has 0 aliphatic carbocycles. The molecule has 142 valence electrons. The molecule has 1 unspecified atom stereocenters. The minimum atomic E-state index is -1.21. The van der Waals surface area contributed by atoms with Crippen LogP contribution < -0.4 is 5.32 Å². The summed E-state index contributed by atoms with van der Waals surface area (Å²) >= 11 is 1.23. The van der Waals surface area contributed by atoms with Gasteiger partial charge in [0.15, 0.2) is 6.04 Å². The number of carbonyl (C=O) groups is 4. The van der Waals surface area contributed by atoms with Gasteiger partial charge in [-0.15, -0.1) is 11.8 Å². The van der Waals surface area contributed by atoms with E-state index in [1.165, 1.54) is 23.6 Å². The molecule has 0 aromatic heterocycles. The van der Waals surface area contributed by atoms with Crippen molar-refractivity contribution in [2.75, 3.05) is 6.61 Å². The molecule has 2 aliphatic heterocycles. The molecule has 2 aliphatic rings. The van der Waals surface area contributed by atoms with Crippen molar-refractivity contribution < 1.29 is 29.0 Å². The highest BCUT2D eigenvalue weighted by atomic mass is 32.2. The van der Waals surface area contributed by atoms with E-state index in [9.17, 15) is 24.3 Å². The highest BCUT2D eigenvalue weighted by Gasteiger charge is 2.55. The van der Waals surface area contributed by atoms with E-state index in [1.54, 1.807) is 5.41 Å². The van der Waals surface area contributed by atoms with Crippen LogP contribution in [0.5, 0.6) is 0 Å². The fraction of sp³-hybridized carbons (Fsp3) is 0.333. The smallest absolute Gasteiger partial charge is 0.330 e. The SMILES string of the molecule is CC(=O)OCC1=CS[C@@H]2[C@H](NC(=O)Cc3ccccc3)C(=O)N2C1C(=O)O. The Bertz CT molecular complexity index is 809. The number of rotatable bonds is 6. The number of fused-ring (bicyclic) bond motifs is 1. The topological polar surface area (TPSA) is 113 Å². The highest BCUT2D eigenvalue weighted by molar-refractivity contribution is 8.02. The van der Waals surface area contributed by atoms with Crippen LogP contribution in [-0.2, 0) is 30.3 Å². The zero-order valence-corrected chi connectivity index (χ0v) is 15.3. The van der Waals surface area contributed by atoms with Gasteiger partial charge in [-0.25, -0.2) is 4.79 Å². The number of hydrogen-bond donors (Lipinski definition) is 2. The number of aliphatic carboxylic acids is 1. The Labute approximate surface area is 159 Å². The van der Waals surface area contributed by atoms with Crippen molar-refractivity contribution in [1.82, 2.24) is 10.2 Å². The van der Waals surface area contributed by atoms with Gasteiger partial charge in [0.25, 0.3) is 0 Å². The first-order valence-corrected chi connectivity index (χ1v) is 9.19. The van der Waals surface area contributed by atoms with Crippen LogP contribution in [0.15, 0.2) is 41.3 Å². The van der Waals surface area contributed by atoms with Crippen LogP contribution in [-0.4, -0.2) is 57.8 Å². The van der Waals surface area contributed by atoms with Gasteiger partial charge in [-0.2, -0.15) is 0 Å². The zero-order valence-electron chi connectivity index (χ0n) is 14.5. The Kier molecular flexibility index (Phi) is 5.50. The van der Waals surface area contributed by atoms with E-state index in [-0.39, 0.29) is 18.9 Å². The number of esters is 1. The maximum Gasteiger partial charge on any atom is 0.330 e. The molecule has 1 saturated heterocycles. The number of β-lactam (4-membered cyclic amide) rings is 1. The summed E-state index contributed by atoms with van der Waals surface area (Å²) in [6.45, 7) is 1.03. The summed E-state index contributed by atoms with van der Waals surface area (Å²) in [4.78, 5) is 48.5. The lowest BCUT2D eigenvalue weighted by Gasteiger charge is -2.51. The number of ether oxygens (including phenoxy) is 1. The van der Waals surface area contributed by atoms with E-state index >= 15 is 0 Å². The quantitative estimate of drug-likeness (QED) is 0.538. The van der Waals surface area contributed by atoms with E-state index < -0.39 is 35.3 Å². The highest BCUT2D eigenvalue weighted by Crippen LogP contribution is 2.40. The number of hydrogen-bond acceptors (Lipinski definition) is 6. The van der Waals surface area contributed by atoms with Gasteiger partial charge in [0.2, 0.25) is 11.8 Å². The first-order chi connectivity index (χ1) is 12.9. The number of carboxylic acids is 1. The number of benzene rings is 1. The van der Waals surface area contributed by atoms with Gasteiger partial charge in [0.1, 0.15) is 18.0 Å². The third kappa shape index (κ3) is 3.97. The van der Waals surface area contributed by atoms with Gasteiger partial charge < -0.3 is 20.1 Å². The molecule has 0 bridgehead atoms. The van der Waals surface area contributed by atoms with Crippen molar-refractivity contribution in [3.63, 3.8) is 0 Å². The largest absolute Gasteiger partial charge is 0.479 e. The van der Waals surface area contributed by atoms with Gasteiger partial charge in [0.05, 0.1) is 6.42 Å². The number of carboxylic acid groups (broad SMARTS) is 1. The lowest BCUT2D eigenvalue weighted by Crippen LogP contribution is -2.74. The molecule has 1 aromatic carbocycles. The van der Waals surface area contributed by atoms with Crippen molar-refractivity contribution in [2.24, 2.45) is 0 Å². The Hall–Kier alpha value is -2.81. The monoisotopic (exact) mass is 390 g/mol. The average molecular weight is 390 g/mol. The number of amides is 2. The third-order valence-electron chi connectivity index (χ3n) is 4.27. The molecule has 0 radical (unpaired) electrons. The molecule has 3 rings (SSSR count). The molecular formula is C18H18N2O6S. The Balaban J connectivity index is 1.67. The number of nitrogens with zero attached hydrogens (tertiary/aromatic N) is 1. The molecule has 1 fully saturated rings. The van der Waals surface area contributed by atoms with Crippen LogP contribution in [0.25, 0.3) is 0 Å². The van der Waals surface area contributed by atoms with Crippen LogP contribution in [0.1, 0.15) is 12.5 Å². The van der Waals surface area contributed by atoms with Crippen LogP contribution >= 0.6 is 11.8 Å². The average Bonchev–Trinajstić information content (AvgIpc) is 2.64. The van der Waals surface area contributed by atoms with E-state index in [0.29, 0.717) is 5.57 Å². The summed E-state index contributed by atoms with van der Waals surface area (Å²) in [6, 6.07) is 7.14. The Morgan fingerprint density at radius 3 is 2.59 bits per heavy atom. The van der Waals surface area contributed by atoms with Gasteiger partial charge in [-0.05, 0) is 11.0 Å². The van der Waals surface area contributed by atoms with E-state index in [0.717, 1.165) is 5.56 Å². The van der Waals surface area contributed by atoms with Gasteiger partial charge in [0, 0.05) is 12.5 Å². The number of nitrogens with one attached hydrogen (secondary N) is 1. The minimum Gasteiger partial charge on any atom is -0.479 e. The normalized spacial score (nSPS) is 23.6. The summed E-state index contributed by atoms with van der Waals surface area (Å²) in [5.41, 5.74) is 1.14. The standard InChI is InChI=1S/C18H18N2O6S/c1-10(21)26-8-12-9-27-17-14(16(23)20(17)15(12)18(24)25)19-13(22)7-11-5-3-2-4-6-11/h2-6,9,14-15,17H,7-8H2,1H3,(H,19,22)(H,24,25)/t14-,15?,17-/m1/s1. The van der Waals surface area contributed by atoms with Crippen molar-refractivity contribution in [1.29, 1.82) is 0 Å². The van der Waals surface area contributed by atoms with Crippen LogP contribution in [0.2, 0.25) is 0 Å². The van der Waals surface area contributed by atoms with Crippen LogP contribution in [0.4, 0.5) is 0 Å². The molecule has 2 heterocycles. The number of carbonyl (C=O) groups excluding carboxylic acids is 3. The predicted molar refractivity (Wildman–Crippen MR) is 96.4 cm³/mol. The van der Waals surface area contributed by atoms with Crippen molar-refractivity contribution >= 4 is 35.5 Å². The molecule has 0 saturated carbocycles. The second-order valence-corrected chi connectivity index (χ2v) is 7.18. The molecule has 0 spiro atoms. The maximum absolute atomic E-state index is 12.5. The molecule has 2 N–H and O–H groups in total. The molecule has 2 amide bonds. The molecule has 1 aromatic rings. The molecule has 3 atom stereocenters. The van der Waals surface area contributed by atoms with Gasteiger partial charge in [-0.3, -0.25) is 14.4 Å². The Morgan fingerprint density at radius 1 is 1.26 bits per heavy atom. The van der Waals surface area contributed by atoms with Gasteiger partial charge in [-0.1, -0.05) is 30.3 Å². The summed E-state index contributed by atoms with van der Waals surface area (Å²) in [5.74, 6) is -2.51. The third-order valence-corrected chi connectivity index (χ3v) is 5.49. The van der Waals surface area contributed by atoms with Crippen molar-refractivity contribution in [3.05, 3.63) is 46.9 Å². The Morgan fingerprint density at radius 2 is 1.96 bits per heavy atom. The van der Waals surface area contributed by atoms with E-state index in [2.05, 4.69) is 5.32 Å². The van der Waals surface area contributed by atoms with Crippen LogP contribution in [0.3, 0.4) is 0 Å². The van der Waals surface area contributed by atoms with Crippen molar-refractivity contribution in [2.45, 2.75) is 30.8 Å². The fourth-order valence-corrected chi connectivity index (χ4v) is 4.23. The van der Waals surface area contributed by atoms with Crippen LogP contribution in [0, 0.1) is 0 Å². The summed E-state index contributed by atoms with van der Waals surface area (Å²) in [5, 5.41) is 13.3. The maximum atomic E-state index is 12.5. The van der Waals surface area contributed by atoms with E-state index in [1.807, 2.05) is 30.3 Å². The minimum absolute atomic E-state index is 0.137. The molecule has 8 nitrogen and oxygen atoms in total. The first-order valence-electron chi connectivity index (χ1n) is 8.24. The fourth-order valence-electron chi connectivity index (χ4n) is 3.02. The van der Waals surface area contributed by atoms with Crippen molar-refractivity contribution in [3.8, 4) is 0 Å². The summed E-state index contributed by atoms with van der Waals surface area (Å²) < 4.78 is 4.87. The first kappa shape index (κ1) is 19.0. The second-order valence-electron chi connectivity index (χ2n) is 6.19. The lowest BCUT2D eigenvalue weighted by molar-refractivity contribution is -0.160. The van der Waals surface area contributed by atoms with Gasteiger partial charge >= 0.3 is 11.9 Å². The summed E-state index contributed by atoms with van der Waals surface area (Å²) in [6.07, 6.45) is 0.137. The molecular weight excluding hydrogens is 372 g/mol. The predicted octanol–water partition coefficient (Wildman–Crippen LogP) is 0.529. The second kappa shape index (κ2) is 7.83. The molecule has 27 heavy (non-hydrogen) atoms. The number of thioether (sulfide) groups is 1. The summed E-state index contributed by atoms with van der Waals surface area (Å²) in [7, 11) is 0. The molecule has 9 heteroatoms.